The van der Waals surface area contributed by atoms with E-state index in [1.807, 2.05) is 24.8 Å². The molecule has 2 atom stereocenters. The van der Waals surface area contributed by atoms with Gasteiger partial charge in [0.1, 0.15) is 5.82 Å². The number of likely N-dealkylation sites (tertiary alicyclic amines) is 1. The average Bonchev–Trinajstić information content (AvgIpc) is 3.17. The Hall–Kier alpha value is -1.46. The average molecular weight is 349 g/mol. The molecular weight excluding hydrogens is 321 g/mol. The largest absolute Gasteiger partial charge is 0.348 e. The molecule has 138 valence electrons. The molecule has 0 bridgehead atoms. The first-order valence-corrected chi connectivity index (χ1v) is 9.36. The number of carbonyl (C=O) groups is 1. The van der Waals surface area contributed by atoms with Crippen molar-refractivity contribution in [1.29, 1.82) is 0 Å². The van der Waals surface area contributed by atoms with E-state index in [4.69, 9.17) is 9.47 Å². The highest BCUT2D eigenvalue weighted by Gasteiger charge is 2.36. The number of ether oxygens (including phenoxy) is 2. The molecule has 2 unspecified atom stereocenters. The van der Waals surface area contributed by atoms with Crippen molar-refractivity contribution in [2.75, 3.05) is 19.8 Å². The number of halogens is 1. The summed E-state index contributed by atoms with van der Waals surface area (Å²) in [6.45, 7) is 6.07. The normalized spacial score (nSPS) is 24.0. The van der Waals surface area contributed by atoms with Gasteiger partial charge in [0, 0.05) is 18.9 Å². The van der Waals surface area contributed by atoms with Crippen LogP contribution in [0.25, 0.3) is 0 Å². The lowest BCUT2D eigenvalue weighted by Gasteiger charge is -2.28. The van der Waals surface area contributed by atoms with Gasteiger partial charge in [-0.15, -0.1) is 0 Å². The Bertz CT molecular complexity index is 600. The maximum absolute atomic E-state index is 13.5. The highest BCUT2D eigenvalue weighted by Crippen LogP contribution is 2.34. The molecule has 0 saturated carbocycles. The molecule has 3 rings (SSSR count). The van der Waals surface area contributed by atoms with Crippen molar-refractivity contribution in [2.24, 2.45) is 5.92 Å². The van der Waals surface area contributed by atoms with Crippen molar-refractivity contribution in [3.8, 4) is 0 Å². The quantitative estimate of drug-likeness (QED) is 0.745. The summed E-state index contributed by atoms with van der Waals surface area (Å²) in [6.07, 6.45) is 4.26. The van der Waals surface area contributed by atoms with Gasteiger partial charge < -0.3 is 14.4 Å². The zero-order valence-corrected chi connectivity index (χ0v) is 15.2. The second-order valence-electron chi connectivity index (χ2n) is 7.22. The van der Waals surface area contributed by atoms with Crippen molar-refractivity contribution >= 4 is 5.91 Å². The number of hydrogen-bond acceptors (Lipinski definition) is 3. The minimum absolute atomic E-state index is 0.0350. The Morgan fingerprint density at radius 1 is 1.36 bits per heavy atom. The molecule has 4 nitrogen and oxygen atoms in total. The van der Waals surface area contributed by atoms with Gasteiger partial charge >= 0.3 is 0 Å². The van der Waals surface area contributed by atoms with Gasteiger partial charge in [-0.3, -0.25) is 4.79 Å². The lowest BCUT2D eigenvalue weighted by atomic mass is 9.98. The first-order valence-electron chi connectivity index (χ1n) is 9.36. The second-order valence-corrected chi connectivity index (χ2v) is 7.22. The minimum Gasteiger partial charge on any atom is -0.348 e. The Morgan fingerprint density at radius 2 is 2.12 bits per heavy atom. The Kier molecular flexibility index (Phi) is 5.74. The number of amides is 1. The lowest BCUT2D eigenvalue weighted by Crippen LogP contribution is -2.32. The molecule has 25 heavy (non-hydrogen) atoms. The highest BCUT2D eigenvalue weighted by atomic mass is 19.1. The number of rotatable bonds is 7. The number of benzene rings is 1. The van der Waals surface area contributed by atoms with Crippen LogP contribution in [0, 0.1) is 11.7 Å². The Labute approximate surface area is 149 Å². The van der Waals surface area contributed by atoms with Crippen LogP contribution in [0.4, 0.5) is 4.39 Å². The third kappa shape index (κ3) is 4.21. The van der Waals surface area contributed by atoms with Gasteiger partial charge in [-0.05, 0) is 50.3 Å². The van der Waals surface area contributed by atoms with Crippen LogP contribution in [0.1, 0.15) is 57.6 Å². The summed E-state index contributed by atoms with van der Waals surface area (Å²) in [5.41, 5.74) is 0.886. The molecule has 2 aliphatic rings. The molecular formula is C20H28FNO3. The minimum atomic E-state index is -0.477. The van der Waals surface area contributed by atoms with Crippen molar-refractivity contribution in [2.45, 2.75) is 57.8 Å². The summed E-state index contributed by atoms with van der Waals surface area (Å²) in [5.74, 6) is -0.458. The first-order chi connectivity index (χ1) is 12.0. The summed E-state index contributed by atoms with van der Waals surface area (Å²) >= 11 is 0. The topological polar surface area (TPSA) is 38.8 Å². The Morgan fingerprint density at radius 3 is 2.80 bits per heavy atom. The molecule has 0 spiro atoms. The van der Waals surface area contributed by atoms with Crippen molar-refractivity contribution in [1.82, 2.24) is 4.90 Å². The van der Waals surface area contributed by atoms with E-state index in [9.17, 15) is 9.18 Å². The van der Waals surface area contributed by atoms with E-state index in [-0.39, 0.29) is 23.7 Å². The third-order valence-corrected chi connectivity index (χ3v) is 5.43. The number of carbonyl (C=O) groups excluding carboxylic acids is 1. The molecule has 0 N–H and O–H groups in total. The maximum atomic E-state index is 13.5. The monoisotopic (exact) mass is 349 g/mol. The smallest absolute Gasteiger partial charge is 0.226 e. The fourth-order valence-electron chi connectivity index (χ4n) is 4.06. The van der Waals surface area contributed by atoms with Crippen molar-refractivity contribution in [3.63, 3.8) is 0 Å². The third-order valence-electron chi connectivity index (χ3n) is 5.43. The van der Waals surface area contributed by atoms with Crippen LogP contribution in [0.2, 0.25) is 0 Å². The second kappa shape index (κ2) is 7.83. The van der Waals surface area contributed by atoms with Gasteiger partial charge in [0.25, 0.3) is 0 Å². The van der Waals surface area contributed by atoms with E-state index in [0.29, 0.717) is 13.2 Å². The maximum Gasteiger partial charge on any atom is 0.226 e. The Balaban J connectivity index is 1.57. The van der Waals surface area contributed by atoms with E-state index in [1.165, 1.54) is 6.07 Å². The molecule has 1 aromatic carbocycles. The van der Waals surface area contributed by atoms with E-state index >= 15 is 0 Å². The molecule has 5 heteroatoms. The zero-order chi connectivity index (χ0) is 17.9. The van der Waals surface area contributed by atoms with E-state index < -0.39 is 5.79 Å². The molecule has 2 saturated heterocycles. The number of nitrogens with zero attached hydrogens (tertiary/aromatic N) is 1. The fourth-order valence-corrected chi connectivity index (χ4v) is 4.06. The standard InChI is InChI=1S/C20H28FNO3/c1-3-18(16-6-4-8-17(21)14-16)22-11-9-15(19(22)23)7-5-10-20(2)24-12-13-25-20/h4,6,8,14-15,18H,3,5,7,9-13H2,1-2H3. The van der Waals surface area contributed by atoms with Gasteiger partial charge in [0.15, 0.2) is 5.79 Å². The van der Waals surface area contributed by atoms with Gasteiger partial charge in [0.2, 0.25) is 5.91 Å². The van der Waals surface area contributed by atoms with Crippen LogP contribution in [0.3, 0.4) is 0 Å². The summed E-state index contributed by atoms with van der Waals surface area (Å²) in [5, 5.41) is 0. The molecule has 2 heterocycles. The highest BCUT2D eigenvalue weighted by molar-refractivity contribution is 5.81. The molecule has 2 fully saturated rings. The van der Waals surface area contributed by atoms with Crippen LogP contribution in [-0.2, 0) is 14.3 Å². The van der Waals surface area contributed by atoms with Crippen LogP contribution in [0.5, 0.6) is 0 Å². The van der Waals surface area contributed by atoms with E-state index in [2.05, 4.69) is 0 Å². The van der Waals surface area contributed by atoms with E-state index in [1.54, 1.807) is 12.1 Å². The van der Waals surface area contributed by atoms with Gasteiger partial charge in [0.05, 0.1) is 19.3 Å². The molecule has 1 amide bonds. The molecule has 0 aliphatic carbocycles. The summed E-state index contributed by atoms with van der Waals surface area (Å²) in [4.78, 5) is 14.8. The fraction of sp³-hybridized carbons (Fsp3) is 0.650. The lowest BCUT2D eigenvalue weighted by molar-refractivity contribution is -0.148. The van der Waals surface area contributed by atoms with Crippen LogP contribution in [0.15, 0.2) is 24.3 Å². The van der Waals surface area contributed by atoms with Crippen LogP contribution < -0.4 is 0 Å². The van der Waals surface area contributed by atoms with Gasteiger partial charge in [-0.1, -0.05) is 19.1 Å². The molecule has 2 aliphatic heterocycles. The summed E-state index contributed by atoms with van der Waals surface area (Å²) in [7, 11) is 0. The van der Waals surface area contributed by atoms with Gasteiger partial charge in [-0.25, -0.2) is 4.39 Å². The zero-order valence-electron chi connectivity index (χ0n) is 15.2. The number of hydrogen-bond donors (Lipinski definition) is 0. The molecule has 0 radical (unpaired) electrons. The molecule has 0 aromatic heterocycles. The summed E-state index contributed by atoms with van der Waals surface area (Å²) in [6, 6.07) is 6.58. The van der Waals surface area contributed by atoms with Crippen molar-refractivity contribution < 1.29 is 18.7 Å². The van der Waals surface area contributed by atoms with Gasteiger partial charge in [-0.2, -0.15) is 0 Å². The van der Waals surface area contributed by atoms with Crippen LogP contribution >= 0.6 is 0 Å². The first kappa shape index (κ1) is 18.3. The van der Waals surface area contributed by atoms with Crippen LogP contribution in [-0.4, -0.2) is 36.4 Å². The van der Waals surface area contributed by atoms with E-state index in [0.717, 1.165) is 44.2 Å². The predicted octanol–water partition coefficient (Wildman–Crippen LogP) is 4.06. The SMILES string of the molecule is CCC(c1cccc(F)c1)N1CCC(CCCC2(C)OCCO2)C1=O. The predicted molar refractivity (Wildman–Crippen MR) is 93.4 cm³/mol. The van der Waals surface area contributed by atoms with Crippen molar-refractivity contribution in [3.05, 3.63) is 35.6 Å². The summed E-state index contributed by atoms with van der Waals surface area (Å²) < 4.78 is 24.8. The molecule has 1 aromatic rings.